The van der Waals surface area contributed by atoms with Gasteiger partial charge < -0.3 is 19.4 Å². The number of aromatic nitrogens is 1. The second-order valence-electron chi connectivity index (χ2n) is 6.44. The van der Waals surface area contributed by atoms with E-state index < -0.39 is 0 Å². The molecular weight excluding hydrogens is 310 g/mol. The van der Waals surface area contributed by atoms with Gasteiger partial charge in [0.15, 0.2) is 11.6 Å². The number of rotatable bonds is 4. The van der Waals surface area contributed by atoms with Gasteiger partial charge >= 0.3 is 5.97 Å². The number of carbonyl (C=O) groups excluding carboxylic acids is 2. The van der Waals surface area contributed by atoms with Crippen molar-refractivity contribution in [2.24, 2.45) is 5.92 Å². The van der Waals surface area contributed by atoms with E-state index in [0.29, 0.717) is 31.3 Å². The van der Waals surface area contributed by atoms with E-state index >= 15 is 0 Å². The number of carbonyl (C=O) groups is 2. The third-order valence-electron chi connectivity index (χ3n) is 4.76. The number of hydrogen-bond acceptors (Lipinski definition) is 6. The monoisotopic (exact) mass is 335 g/mol. The Hall–Kier alpha value is -1.89. The van der Waals surface area contributed by atoms with Crippen LogP contribution in [0, 0.1) is 5.92 Å². The molecule has 0 radical (unpaired) electrons. The number of likely N-dealkylation sites (tertiary alicyclic amines) is 1. The molecule has 1 amide bonds. The second-order valence-corrected chi connectivity index (χ2v) is 6.44. The number of nitrogens with zero attached hydrogens (tertiary/aromatic N) is 2. The topological polar surface area (TPSA) is 84.7 Å². The minimum Gasteiger partial charge on any atom is -0.466 e. The summed E-state index contributed by atoms with van der Waals surface area (Å²) in [7, 11) is 0. The molecule has 0 aromatic carbocycles. The molecule has 2 aliphatic rings. The number of oxazole rings is 1. The molecule has 132 valence electrons. The largest absolute Gasteiger partial charge is 0.466 e. The molecule has 1 unspecified atom stereocenters. The molecule has 2 fully saturated rings. The average Bonchev–Trinajstić information content (AvgIpc) is 3.12. The molecule has 7 heteroatoms. The Kier molecular flexibility index (Phi) is 5.50. The van der Waals surface area contributed by atoms with Crippen molar-refractivity contribution in [3.8, 4) is 0 Å². The van der Waals surface area contributed by atoms with Crippen molar-refractivity contribution >= 4 is 11.9 Å². The Balaban J connectivity index is 1.63. The summed E-state index contributed by atoms with van der Waals surface area (Å²) < 4.78 is 10.6. The Morgan fingerprint density at radius 1 is 1.38 bits per heavy atom. The highest BCUT2D eigenvalue weighted by Crippen LogP contribution is 2.25. The lowest BCUT2D eigenvalue weighted by molar-refractivity contribution is -0.149. The van der Waals surface area contributed by atoms with Gasteiger partial charge in [0.05, 0.1) is 12.5 Å². The summed E-state index contributed by atoms with van der Waals surface area (Å²) >= 11 is 0. The highest BCUT2D eigenvalue weighted by atomic mass is 16.5. The maximum Gasteiger partial charge on any atom is 0.310 e. The third kappa shape index (κ3) is 3.77. The van der Waals surface area contributed by atoms with Gasteiger partial charge in [0.25, 0.3) is 5.91 Å². The summed E-state index contributed by atoms with van der Waals surface area (Å²) in [4.78, 5) is 30.7. The molecule has 1 aromatic heterocycles. The minimum absolute atomic E-state index is 0.159. The first kappa shape index (κ1) is 17.0. The number of piperidine rings is 2. The molecule has 0 spiro atoms. The van der Waals surface area contributed by atoms with Crippen LogP contribution in [0.4, 0.5) is 0 Å². The lowest BCUT2D eigenvalue weighted by Crippen LogP contribution is -2.43. The quantitative estimate of drug-likeness (QED) is 0.841. The van der Waals surface area contributed by atoms with E-state index in [1.807, 2.05) is 0 Å². The smallest absolute Gasteiger partial charge is 0.310 e. The Morgan fingerprint density at radius 2 is 2.17 bits per heavy atom. The van der Waals surface area contributed by atoms with Crippen molar-refractivity contribution in [2.45, 2.75) is 38.5 Å². The van der Waals surface area contributed by atoms with Crippen molar-refractivity contribution < 1.29 is 18.7 Å². The van der Waals surface area contributed by atoms with E-state index in [9.17, 15) is 9.59 Å². The van der Waals surface area contributed by atoms with Crippen LogP contribution in [-0.2, 0) is 9.53 Å². The summed E-state index contributed by atoms with van der Waals surface area (Å²) in [6, 6.07) is 0. The maximum absolute atomic E-state index is 12.7. The van der Waals surface area contributed by atoms with E-state index in [1.54, 1.807) is 11.8 Å². The summed E-state index contributed by atoms with van der Waals surface area (Å²) in [5, 5.41) is 3.30. The predicted octanol–water partition coefficient (Wildman–Crippen LogP) is 1.56. The van der Waals surface area contributed by atoms with Crippen LogP contribution in [0.25, 0.3) is 0 Å². The number of esters is 1. The number of hydrogen-bond donors (Lipinski definition) is 1. The number of amides is 1. The predicted molar refractivity (Wildman–Crippen MR) is 86.6 cm³/mol. The molecule has 0 bridgehead atoms. The first-order chi connectivity index (χ1) is 11.7. The van der Waals surface area contributed by atoms with Crippen LogP contribution >= 0.6 is 0 Å². The fourth-order valence-electron chi connectivity index (χ4n) is 3.42. The van der Waals surface area contributed by atoms with Gasteiger partial charge in [-0.2, -0.15) is 0 Å². The zero-order valence-corrected chi connectivity index (χ0v) is 14.1. The van der Waals surface area contributed by atoms with E-state index in [4.69, 9.17) is 9.15 Å². The highest BCUT2D eigenvalue weighted by molar-refractivity contribution is 5.92. The summed E-state index contributed by atoms with van der Waals surface area (Å²) in [5.74, 6) is 0.317. The summed E-state index contributed by atoms with van der Waals surface area (Å²) in [5.41, 5.74) is 0.341. The number of nitrogens with one attached hydrogen (secondary N) is 1. The van der Waals surface area contributed by atoms with Crippen molar-refractivity contribution in [1.82, 2.24) is 15.2 Å². The molecule has 2 saturated heterocycles. The maximum atomic E-state index is 12.7. The molecule has 1 aromatic rings. The second kappa shape index (κ2) is 7.79. The first-order valence-electron chi connectivity index (χ1n) is 8.81. The van der Waals surface area contributed by atoms with Crippen LogP contribution in [0.5, 0.6) is 0 Å². The molecule has 0 saturated carbocycles. The van der Waals surface area contributed by atoms with Gasteiger partial charge in [-0.25, -0.2) is 4.98 Å². The van der Waals surface area contributed by atoms with Crippen molar-refractivity contribution in [3.05, 3.63) is 17.8 Å². The van der Waals surface area contributed by atoms with E-state index in [0.717, 1.165) is 38.8 Å². The fourth-order valence-corrected chi connectivity index (χ4v) is 3.42. The van der Waals surface area contributed by atoms with Gasteiger partial charge in [-0.05, 0) is 45.7 Å². The summed E-state index contributed by atoms with van der Waals surface area (Å²) in [6.45, 7) is 5.10. The van der Waals surface area contributed by atoms with Gasteiger partial charge in [-0.15, -0.1) is 0 Å². The lowest BCUT2D eigenvalue weighted by Gasteiger charge is -2.30. The van der Waals surface area contributed by atoms with Gasteiger partial charge in [0, 0.05) is 19.0 Å². The standard InChI is InChI=1S/C17H25N3O4/c1-2-23-17(22)13-4-3-9-20(10-13)16(21)14-11-24-15(19-14)12-5-7-18-8-6-12/h11-13,18H,2-10H2,1H3. The molecule has 0 aliphatic carbocycles. The lowest BCUT2D eigenvalue weighted by atomic mass is 9.98. The Morgan fingerprint density at radius 3 is 2.92 bits per heavy atom. The van der Waals surface area contributed by atoms with Crippen LogP contribution in [0.15, 0.2) is 10.7 Å². The fraction of sp³-hybridized carbons (Fsp3) is 0.706. The molecule has 3 heterocycles. The molecule has 1 N–H and O–H groups in total. The molecule has 7 nitrogen and oxygen atoms in total. The van der Waals surface area contributed by atoms with Crippen molar-refractivity contribution in [3.63, 3.8) is 0 Å². The molecule has 1 atom stereocenters. The van der Waals surface area contributed by atoms with Gasteiger partial charge in [0.2, 0.25) is 0 Å². The van der Waals surface area contributed by atoms with Crippen LogP contribution in [0.1, 0.15) is 54.9 Å². The molecule has 2 aliphatic heterocycles. The molecule has 24 heavy (non-hydrogen) atoms. The highest BCUT2D eigenvalue weighted by Gasteiger charge is 2.31. The van der Waals surface area contributed by atoms with Crippen molar-refractivity contribution in [2.75, 3.05) is 32.8 Å². The first-order valence-corrected chi connectivity index (χ1v) is 8.81. The van der Waals surface area contributed by atoms with E-state index in [2.05, 4.69) is 10.3 Å². The minimum atomic E-state index is -0.238. The Labute approximate surface area is 141 Å². The number of ether oxygens (including phenoxy) is 1. The van der Waals surface area contributed by atoms with Crippen LogP contribution < -0.4 is 5.32 Å². The van der Waals surface area contributed by atoms with Gasteiger partial charge in [-0.1, -0.05) is 0 Å². The van der Waals surface area contributed by atoms with Gasteiger partial charge in [-0.3, -0.25) is 9.59 Å². The zero-order valence-electron chi connectivity index (χ0n) is 14.1. The third-order valence-corrected chi connectivity index (χ3v) is 4.76. The molecule has 3 rings (SSSR count). The zero-order chi connectivity index (χ0) is 16.9. The van der Waals surface area contributed by atoms with E-state index in [-0.39, 0.29) is 23.7 Å². The summed E-state index contributed by atoms with van der Waals surface area (Å²) in [6.07, 6.45) is 4.97. The average molecular weight is 335 g/mol. The normalized spacial score (nSPS) is 22.4. The van der Waals surface area contributed by atoms with Crippen LogP contribution in [-0.4, -0.2) is 54.5 Å². The van der Waals surface area contributed by atoms with E-state index in [1.165, 1.54) is 6.26 Å². The van der Waals surface area contributed by atoms with Crippen LogP contribution in [0.2, 0.25) is 0 Å². The van der Waals surface area contributed by atoms with Crippen LogP contribution in [0.3, 0.4) is 0 Å². The Bertz CT molecular complexity index is 580. The van der Waals surface area contributed by atoms with Gasteiger partial charge in [0.1, 0.15) is 6.26 Å². The van der Waals surface area contributed by atoms with Crippen molar-refractivity contribution in [1.29, 1.82) is 0 Å². The molecular formula is C17H25N3O4. The SMILES string of the molecule is CCOC(=O)C1CCCN(C(=O)c2coc(C3CCNCC3)n2)C1.